The van der Waals surface area contributed by atoms with Crippen LogP contribution in [0.15, 0.2) is 12.1 Å². The summed E-state index contributed by atoms with van der Waals surface area (Å²) in [4.78, 5) is 16.3. The number of nitro groups is 1. The number of aliphatic hydroxyl groups is 1. The maximum atomic E-state index is 10.9. The van der Waals surface area contributed by atoms with Crippen molar-refractivity contribution in [3.05, 3.63) is 22.2 Å². The molecular weight excluding hydrogens is 254 g/mol. The van der Waals surface area contributed by atoms with Crippen molar-refractivity contribution in [1.29, 1.82) is 0 Å². The molecule has 1 aliphatic heterocycles. The fourth-order valence-corrected chi connectivity index (χ4v) is 1.88. The van der Waals surface area contributed by atoms with Gasteiger partial charge in [0.25, 0.3) is 5.69 Å². The molecule has 0 spiro atoms. The second-order valence-electron chi connectivity index (χ2n) is 4.09. The van der Waals surface area contributed by atoms with E-state index in [1.165, 1.54) is 12.1 Å². The molecule has 0 amide bonds. The molecule has 4 N–H and O–H groups in total. The highest BCUT2D eigenvalue weighted by Crippen LogP contribution is 2.24. The molecule has 0 aromatic carbocycles. The van der Waals surface area contributed by atoms with E-state index in [-0.39, 0.29) is 24.2 Å². The fourth-order valence-electron chi connectivity index (χ4n) is 1.88. The van der Waals surface area contributed by atoms with Gasteiger partial charge < -0.3 is 20.2 Å². The monoisotopic (exact) mass is 269 g/mol. The zero-order valence-electron chi connectivity index (χ0n) is 10.2. The highest BCUT2D eigenvalue weighted by atomic mass is 16.6. The number of rotatable bonds is 4. The molecule has 19 heavy (non-hydrogen) atoms. The van der Waals surface area contributed by atoms with Gasteiger partial charge in [0.15, 0.2) is 0 Å². The number of morpholine rings is 1. The first kappa shape index (κ1) is 13.5. The highest BCUT2D eigenvalue weighted by molar-refractivity contribution is 5.55. The number of hydrazine groups is 1. The molecule has 2 rings (SSSR count). The lowest BCUT2D eigenvalue weighted by atomic mass is 10.2. The Morgan fingerprint density at radius 1 is 1.68 bits per heavy atom. The van der Waals surface area contributed by atoms with Crippen LogP contribution in [0.4, 0.5) is 17.3 Å². The van der Waals surface area contributed by atoms with Gasteiger partial charge in [-0.15, -0.1) is 0 Å². The topological polar surface area (TPSA) is 127 Å². The smallest absolute Gasteiger partial charge is 0.276 e. The molecule has 0 radical (unpaired) electrons. The van der Waals surface area contributed by atoms with Crippen molar-refractivity contribution >= 4 is 17.3 Å². The van der Waals surface area contributed by atoms with Gasteiger partial charge >= 0.3 is 0 Å². The molecule has 2 heterocycles. The van der Waals surface area contributed by atoms with Gasteiger partial charge in [0, 0.05) is 13.1 Å². The van der Waals surface area contributed by atoms with Gasteiger partial charge in [-0.1, -0.05) is 0 Å². The number of pyridine rings is 1. The van der Waals surface area contributed by atoms with Crippen molar-refractivity contribution in [2.45, 2.75) is 6.10 Å². The normalized spacial score (nSPS) is 19.3. The molecule has 1 atom stereocenters. The summed E-state index contributed by atoms with van der Waals surface area (Å²) in [5.74, 6) is 5.91. The van der Waals surface area contributed by atoms with E-state index < -0.39 is 4.92 Å². The zero-order chi connectivity index (χ0) is 13.8. The second kappa shape index (κ2) is 5.78. The van der Waals surface area contributed by atoms with E-state index in [9.17, 15) is 10.1 Å². The minimum absolute atomic E-state index is 0.0926. The molecular formula is C10H15N5O4. The lowest BCUT2D eigenvalue weighted by Gasteiger charge is -2.32. The van der Waals surface area contributed by atoms with Gasteiger partial charge in [-0.3, -0.25) is 10.1 Å². The Morgan fingerprint density at radius 2 is 2.47 bits per heavy atom. The van der Waals surface area contributed by atoms with Crippen molar-refractivity contribution in [3.63, 3.8) is 0 Å². The lowest BCUT2D eigenvalue weighted by molar-refractivity contribution is -0.384. The van der Waals surface area contributed by atoms with Gasteiger partial charge in [0.05, 0.1) is 36.4 Å². The summed E-state index contributed by atoms with van der Waals surface area (Å²) in [6, 6.07) is 2.63. The minimum atomic E-state index is -0.504. The lowest BCUT2D eigenvalue weighted by Crippen LogP contribution is -2.44. The number of nitrogens with one attached hydrogen (secondary N) is 1. The standard InChI is InChI=1S/C10H15N5O4/c11-13-9-3-7(15(17)18)4-10(12-9)14-1-2-19-8(5-14)6-16/h3-4,8,16H,1-2,5-6,11H2,(H,12,13). The molecule has 0 saturated carbocycles. The number of anilines is 2. The Hall–Kier alpha value is -1.97. The molecule has 0 aliphatic carbocycles. The van der Waals surface area contributed by atoms with Crippen LogP contribution >= 0.6 is 0 Å². The van der Waals surface area contributed by atoms with E-state index in [4.69, 9.17) is 15.7 Å². The summed E-state index contributed by atoms with van der Waals surface area (Å²) in [5, 5.41) is 19.9. The van der Waals surface area contributed by atoms with Crippen LogP contribution in [-0.2, 0) is 4.74 Å². The first-order valence-electron chi connectivity index (χ1n) is 5.74. The van der Waals surface area contributed by atoms with E-state index in [0.29, 0.717) is 25.5 Å². The average molecular weight is 269 g/mol. The van der Waals surface area contributed by atoms with Crippen LogP contribution in [0.3, 0.4) is 0 Å². The Labute approximate surface area is 109 Å². The number of hydrogen-bond donors (Lipinski definition) is 3. The van der Waals surface area contributed by atoms with E-state index in [1.807, 2.05) is 4.90 Å². The van der Waals surface area contributed by atoms with E-state index >= 15 is 0 Å². The molecule has 1 saturated heterocycles. The summed E-state index contributed by atoms with van der Waals surface area (Å²) < 4.78 is 5.32. The van der Waals surface area contributed by atoms with E-state index in [0.717, 1.165) is 0 Å². The number of nitrogens with two attached hydrogens (primary N) is 1. The van der Waals surface area contributed by atoms with Crippen LogP contribution in [-0.4, -0.2) is 47.4 Å². The molecule has 104 valence electrons. The summed E-state index contributed by atoms with van der Waals surface area (Å²) in [7, 11) is 0. The minimum Gasteiger partial charge on any atom is -0.394 e. The Morgan fingerprint density at radius 3 is 3.11 bits per heavy atom. The largest absolute Gasteiger partial charge is 0.394 e. The molecule has 1 aromatic heterocycles. The summed E-state index contributed by atoms with van der Waals surface area (Å²) in [6.07, 6.45) is -0.316. The van der Waals surface area contributed by atoms with Crippen molar-refractivity contribution in [2.75, 3.05) is 36.6 Å². The first-order valence-corrected chi connectivity index (χ1v) is 5.74. The number of ether oxygens (including phenoxy) is 1. The Kier molecular flexibility index (Phi) is 4.10. The predicted molar refractivity (Wildman–Crippen MR) is 67.7 cm³/mol. The van der Waals surface area contributed by atoms with Crippen LogP contribution in [0.2, 0.25) is 0 Å². The summed E-state index contributed by atoms with van der Waals surface area (Å²) >= 11 is 0. The maximum absolute atomic E-state index is 10.9. The predicted octanol–water partition coefficient (Wildman–Crippen LogP) is -0.527. The summed E-state index contributed by atoms with van der Waals surface area (Å²) in [6.45, 7) is 1.30. The van der Waals surface area contributed by atoms with Gasteiger partial charge in [-0.05, 0) is 0 Å². The van der Waals surface area contributed by atoms with Crippen molar-refractivity contribution in [2.24, 2.45) is 5.84 Å². The Balaban J connectivity index is 2.27. The van der Waals surface area contributed by atoms with E-state index in [1.54, 1.807) is 0 Å². The molecule has 1 unspecified atom stereocenters. The fraction of sp³-hybridized carbons (Fsp3) is 0.500. The SMILES string of the molecule is NNc1cc([N+](=O)[O-])cc(N2CCOC(CO)C2)n1. The number of aliphatic hydroxyl groups excluding tert-OH is 1. The van der Waals surface area contributed by atoms with E-state index in [2.05, 4.69) is 10.4 Å². The van der Waals surface area contributed by atoms with Crippen LogP contribution in [0, 0.1) is 10.1 Å². The van der Waals surface area contributed by atoms with Crippen LogP contribution in [0.25, 0.3) is 0 Å². The molecule has 1 fully saturated rings. The van der Waals surface area contributed by atoms with Crippen molar-refractivity contribution < 1.29 is 14.8 Å². The zero-order valence-corrected chi connectivity index (χ0v) is 10.2. The molecule has 9 nitrogen and oxygen atoms in total. The molecule has 1 aromatic rings. The van der Waals surface area contributed by atoms with Gasteiger partial charge in [-0.2, -0.15) is 0 Å². The average Bonchev–Trinajstić information content (AvgIpc) is 2.46. The van der Waals surface area contributed by atoms with Gasteiger partial charge in [0.1, 0.15) is 11.6 Å². The van der Waals surface area contributed by atoms with Crippen molar-refractivity contribution in [3.8, 4) is 0 Å². The number of hydrogen-bond acceptors (Lipinski definition) is 8. The van der Waals surface area contributed by atoms with Crippen LogP contribution < -0.4 is 16.2 Å². The number of nitrogens with zero attached hydrogens (tertiary/aromatic N) is 3. The summed E-state index contributed by atoms with van der Waals surface area (Å²) in [5.41, 5.74) is 2.21. The molecule has 0 bridgehead atoms. The van der Waals surface area contributed by atoms with Crippen LogP contribution in [0.5, 0.6) is 0 Å². The number of aromatic nitrogens is 1. The molecule has 9 heteroatoms. The third kappa shape index (κ3) is 3.08. The molecule has 1 aliphatic rings. The maximum Gasteiger partial charge on any atom is 0.276 e. The third-order valence-electron chi connectivity index (χ3n) is 2.82. The Bertz CT molecular complexity index is 469. The second-order valence-corrected chi connectivity index (χ2v) is 4.09. The van der Waals surface area contributed by atoms with Gasteiger partial charge in [-0.25, -0.2) is 10.8 Å². The van der Waals surface area contributed by atoms with Crippen molar-refractivity contribution in [1.82, 2.24) is 4.98 Å². The van der Waals surface area contributed by atoms with Gasteiger partial charge in [0.2, 0.25) is 0 Å². The number of nitrogen functional groups attached to an aromatic ring is 1. The quantitative estimate of drug-likeness (QED) is 0.378. The highest BCUT2D eigenvalue weighted by Gasteiger charge is 2.23. The van der Waals surface area contributed by atoms with Crippen LogP contribution in [0.1, 0.15) is 0 Å². The first-order chi connectivity index (χ1) is 9.13. The third-order valence-corrected chi connectivity index (χ3v) is 2.82.